The van der Waals surface area contributed by atoms with Gasteiger partial charge in [-0.2, -0.15) is 0 Å². The zero-order chi connectivity index (χ0) is 24.4. The van der Waals surface area contributed by atoms with E-state index in [4.69, 9.17) is 4.74 Å². The summed E-state index contributed by atoms with van der Waals surface area (Å²) in [6, 6.07) is 14.6. The first-order chi connectivity index (χ1) is 17.0. The molecule has 2 aromatic carbocycles. The minimum Gasteiger partial charge on any atom is -0.493 e. The van der Waals surface area contributed by atoms with E-state index >= 15 is 0 Å². The Hall–Kier alpha value is -3.91. The van der Waals surface area contributed by atoms with Crippen molar-refractivity contribution >= 4 is 28.5 Å². The number of halogens is 1. The van der Waals surface area contributed by atoms with Crippen molar-refractivity contribution in [2.75, 3.05) is 48.3 Å². The molecule has 1 amide bonds. The molecule has 0 unspecified atom stereocenters. The normalized spacial score (nSPS) is 16.5. The molecule has 7 nitrogen and oxygen atoms in total. The zero-order valence-electron chi connectivity index (χ0n) is 19.8. The Kier molecular flexibility index (Phi) is 6.37. The summed E-state index contributed by atoms with van der Waals surface area (Å²) in [5.41, 5.74) is 5.23. The number of allylic oxidation sites excluding steroid dienone is 1. The molecule has 180 valence electrons. The summed E-state index contributed by atoms with van der Waals surface area (Å²) < 4.78 is 20.4. The molecule has 0 aliphatic carbocycles. The number of ether oxygens (including phenoxy) is 1. The van der Waals surface area contributed by atoms with Crippen LogP contribution >= 0.6 is 0 Å². The molecule has 0 bridgehead atoms. The number of rotatable bonds is 6. The number of fused-ring (bicyclic) bond motifs is 1. The predicted octanol–water partition coefficient (Wildman–Crippen LogP) is 4.49. The number of carbonyl (C=O) groups is 1. The van der Waals surface area contributed by atoms with E-state index in [1.807, 2.05) is 26.0 Å². The van der Waals surface area contributed by atoms with E-state index in [1.54, 1.807) is 24.4 Å². The number of nitrogens with one attached hydrogen (secondary N) is 3. The lowest BCUT2D eigenvalue weighted by molar-refractivity contribution is -0.110. The van der Waals surface area contributed by atoms with Crippen molar-refractivity contribution in [3.63, 3.8) is 0 Å². The SMILES string of the molecule is CCOc1cccc(F)c1-c1cc2c(cn1)NC(=O)/C2=C(/C)Nc1ccc(N2CCNCC2)cc1. The standard InChI is InChI=1S/C27H28FN5O2/c1-3-35-24-6-4-5-21(28)26(24)22-15-20-23(16-30-22)32-27(34)25(20)17(2)31-18-7-9-19(10-8-18)33-13-11-29-12-14-33/h4-10,15-16,29,31H,3,11-14H2,1-2H3,(H,32,34)/b25-17-. The van der Waals surface area contributed by atoms with Gasteiger partial charge in [0, 0.05) is 48.8 Å². The quantitative estimate of drug-likeness (QED) is 0.458. The summed E-state index contributed by atoms with van der Waals surface area (Å²) in [6.45, 7) is 8.04. The van der Waals surface area contributed by atoms with Crippen LogP contribution in [0.4, 0.5) is 21.5 Å². The maximum atomic E-state index is 14.8. The van der Waals surface area contributed by atoms with E-state index in [1.165, 1.54) is 11.8 Å². The fourth-order valence-electron chi connectivity index (χ4n) is 4.56. The van der Waals surface area contributed by atoms with Crippen molar-refractivity contribution in [2.45, 2.75) is 13.8 Å². The Balaban J connectivity index is 1.45. The largest absolute Gasteiger partial charge is 0.493 e. The summed E-state index contributed by atoms with van der Waals surface area (Å²) in [5, 5.41) is 9.58. The smallest absolute Gasteiger partial charge is 0.258 e. The predicted molar refractivity (Wildman–Crippen MR) is 137 cm³/mol. The van der Waals surface area contributed by atoms with E-state index in [-0.39, 0.29) is 11.5 Å². The monoisotopic (exact) mass is 473 g/mol. The van der Waals surface area contributed by atoms with E-state index in [0.29, 0.717) is 40.6 Å². The third-order valence-electron chi connectivity index (χ3n) is 6.24. The molecule has 3 heterocycles. The molecule has 0 spiro atoms. The number of benzene rings is 2. The number of piperazine rings is 1. The summed E-state index contributed by atoms with van der Waals surface area (Å²) >= 11 is 0. The molecule has 1 fully saturated rings. The van der Waals surface area contributed by atoms with Crippen LogP contribution in [0.1, 0.15) is 19.4 Å². The maximum absolute atomic E-state index is 14.8. The highest BCUT2D eigenvalue weighted by molar-refractivity contribution is 6.32. The number of anilines is 3. The van der Waals surface area contributed by atoms with E-state index in [9.17, 15) is 9.18 Å². The van der Waals surface area contributed by atoms with Gasteiger partial charge in [-0.15, -0.1) is 0 Å². The molecule has 2 aliphatic heterocycles. The van der Waals surface area contributed by atoms with Crippen LogP contribution in [0.5, 0.6) is 5.75 Å². The first-order valence-electron chi connectivity index (χ1n) is 11.8. The fraction of sp³-hybridized carbons (Fsp3) is 0.259. The van der Waals surface area contributed by atoms with Crippen LogP contribution in [0, 0.1) is 5.82 Å². The highest BCUT2D eigenvalue weighted by Crippen LogP contribution is 2.39. The van der Waals surface area contributed by atoms with Crippen molar-refractivity contribution in [3.8, 4) is 17.0 Å². The highest BCUT2D eigenvalue weighted by atomic mass is 19.1. The maximum Gasteiger partial charge on any atom is 0.258 e. The number of nitrogens with zero attached hydrogens (tertiary/aromatic N) is 2. The molecule has 3 aromatic rings. The van der Waals surface area contributed by atoms with Crippen molar-refractivity contribution in [1.82, 2.24) is 10.3 Å². The second kappa shape index (κ2) is 9.76. The molecule has 0 saturated carbocycles. The van der Waals surface area contributed by atoms with Gasteiger partial charge in [-0.3, -0.25) is 9.78 Å². The minimum atomic E-state index is -0.425. The lowest BCUT2D eigenvalue weighted by Crippen LogP contribution is -2.43. The van der Waals surface area contributed by atoms with Gasteiger partial charge in [-0.1, -0.05) is 6.07 Å². The second-order valence-electron chi connectivity index (χ2n) is 8.52. The minimum absolute atomic E-state index is 0.222. The highest BCUT2D eigenvalue weighted by Gasteiger charge is 2.28. The summed E-state index contributed by atoms with van der Waals surface area (Å²) in [6.07, 6.45) is 1.56. The number of hydrogen-bond acceptors (Lipinski definition) is 6. The number of hydrogen-bond donors (Lipinski definition) is 3. The molecule has 0 radical (unpaired) electrons. The van der Waals surface area contributed by atoms with Crippen molar-refractivity contribution < 1.29 is 13.9 Å². The lowest BCUT2D eigenvalue weighted by atomic mass is 10.0. The second-order valence-corrected chi connectivity index (χ2v) is 8.52. The van der Waals surface area contributed by atoms with Gasteiger partial charge in [0.15, 0.2) is 0 Å². The third kappa shape index (κ3) is 4.57. The van der Waals surface area contributed by atoms with Crippen LogP contribution in [0.15, 0.2) is 60.4 Å². The average molecular weight is 474 g/mol. The summed E-state index contributed by atoms with van der Waals surface area (Å²) in [7, 11) is 0. The van der Waals surface area contributed by atoms with Gasteiger partial charge >= 0.3 is 0 Å². The van der Waals surface area contributed by atoms with Crippen molar-refractivity contribution in [3.05, 3.63) is 71.8 Å². The zero-order valence-corrected chi connectivity index (χ0v) is 19.8. The van der Waals surface area contributed by atoms with Crippen molar-refractivity contribution in [2.24, 2.45) is 0 Å². The Bertz CT molecular complexity index is 1280. The average Bonchev–Trinajstić information content (AvgIpc) is 3.20. The van der Waals surface area contributed by atoms with Crippen LogP contribution in [0.3, 0.4) is 0 Å². The van der Waals surface area contributed by atoms with Gasteiger partial charge in [-0.05, 0) is 56.3 Å². The lowest BCUT2D eigenvalue weighted by Gasteiger charge is -2.29. The molecular formula is C27H28FN5O2. The topological polar surface area (TPSA) is 78.5 Å². The van der Waals surface area contributed by atoms with Gasteiger partial charge in [0.05, 0.1) is 35.3 Å². The molecule has 1 saturated heterocycles. The van der Waals surface area contributed by atoms with Gasteiger partial charge in [-0.25, -0.2) is 4.39 Å². The van der Waals surface area contributed by atoms with Crippen LogP contribution in [-0.2, 0) is 4.79 Å². The summed E-state index contributed by atoms with van der Waals surface area (Å²) in [5.74, 6) is -0.229. The first-order valence-corrected chi connectivity index (χ1v) is 11.8. The van der Waals surface area contributed by atoms with Gasteiger partial charge in [0.1, 0.15) is 11.6 Å². The molecule has 3 N–H and O–H groups in total. The van der Waals surface area contributed by atoms with Crippen molar-refractivity contribution in [1.29, 1.82) is 0 Å². The molecule has 5 rings (SSSR count). The Labute approximate surface area is 204 Å². The van der Waals surface area contributed by atoms with E-state index in [2.05, 4.69) is 38.0 Å². The van der Waals surface area contributed by atoms with E-state index in [0.717, 1.165) is 31.9 Å². The Morgan fingerprint density at radius 3 is 2.69 bits per heavy atom. The molecular weight excluding hydrogens is 445 g/mol. The number of pyridine rings is 1. The third-order valence-corrected chi connectivity index (χ3v) is 6.24. The number of aromatic nitrogens is 1. The summed E-state index contributed by atoms with van der Waals surface area (Å²) in [4.78, 5) is 19.6. The molecule has 1 aromatic heterocycles. The van der Waals surface area contributed by atoms with Crippen LogP contribution < -0.4 is 25.6 Å². The number of amides is 1. The van der Waals surface area contributed by atoms with Crippen LogP contribution in [-0.4, -0.2) is 43.7 Å². The van der Waals surface area contributed by atoms with Crippen LogP contribution in [0.25, 0.3) is 16.8 Å². The van der Waals surface area contributed by atoms with E-state index < -0.39 is 5.82 Å². The Morgan fingerprint density at radius 1 is 1.17 bits per heavy atom. The van der Waals surface area contributed by atoms with Crippen LogP contribution in [0.2, 0.25) is 0 Å². The molecule has 35 heavy (non-hydrogen) atoms. The van der Waals surface area contributed by atoms with Gasteiger partial charge < -0.3 is 25.6 Å². The molecule has 0 atom stereocenters. The fourth-order valence-corrected chi connectivity index (χ4v) is 4.56. The molecule has 8 heteroatoms. The molecule has 2 aliphatic rings. The first kappa shape index (κ1) is 22.9. The van der Waals surface area contributed by atoms with Gasteiger partial charge in [0.25, 0.3) is 5.91 Å². The number of carbonyl (C=O) groups excluding carboxylic acids is 1. The van der Waals surface area contributed by atoms with Gasteiger partial charge in [0.2, 0.25) is 0 Å². The Morgan fingerprint density at radius 2 is 1.94 bits per heavy atom.